The van der Waals surface area contributed by atoms with E-state index >= 15 is 4.39 Å². The lowest BCUT2D eigenvalue weighted by molar-refractivity contribution is -0.0415. The number of rotatable bonds is 5. The van der Waals surface area contributed by atoms with Gasteiger partial charge in [-0.15, -0.1) is 5.10 Å². The molecular formula is C24H26FN3O3S. The van der Waals surface area contributed by atoms with Gasteiger partial charge in [-0.25, -0.2) is 9.37 Å². The van der Waals surface area contributed by atoms with Crippen LogP contribution >= 0.6 is 11.3 Å². The summed E-state index contributed by atoms with van der Waals surface area (Å²) in [5.41, 5.74) is 2.06. The van der Waals surface area contributed by atoms with Gasteiger partial charge in [0.25, 0.3) is 5.19 Å². The van der Waals surface area contributed by atoms with Gasteiger partial charge in [0, 0.05) is 17.7 Å². The number of ether oxygens (including phenoxy) is 2. The summed E-state index contributed by atoms with van der Waals surface area (Å²) in [6.07, 6.45) is 3.66. The minimum Gasteiger partial charge on any atom is -0.507 e. The second kappa shape index (κ2) is 7.69. The lowest BCUT2D eigenvalue weighted by Crippen LogP contribution is -2.46. The van der Waals surface area contributed by atoms with Crippen molar-refractivity contribution < 1.29 is 19.0 Å². The number of alkyl halides is 1. The maximum atomic E-state index is 15.2. The average molecular weight is 456 g/mol. The Kier molecular flexibility index (Phi) is 5.08. The summed E-state index contributed by atoms with van der Waals surface area (Å²) in [4.78, 5) is 4.11. The Balaban J connectivity index is 1.36. The Morgan fingerprint density at radius 2 is 1.94 bits per heavy atom. The molecule has 2 bridgehead atoms. The van der Waals surface area contributed by atoms with Crippen molar-refractivity contribution in [3.8, 4) is 38.5 Å². The van der Waals surface area contributed by atoms with Gasteiger partial charge in [0.2, 0.25) is 5.88 Å². The number of aromatic hydroxyl groups is 1. The first-order valence-electron chi connectivity index (χ1n) is 10.8. The van der Waals surface area contributed by atoms with E-state index in [0.29, 0.717) is 28.1 Å². The fraction of sp³-hybridized carbons (Fsp3) is 0.458. The number of hydrogen-bond donors (Lipinski definition) is 1. The summed E-state index contributed by atoms with van der Waals surface area (Å²) in [5, 5.41) is 19.8. The van der Waals surface area contributed by atoms with Crippen molar-refractivity contribution in [1.82, 2.24) is 15.2 Å². The zero-order valence-electron chi connectivity index (χ0n) is 18.3. The van der Waals surface area contributed by atoms with Gasteiger partial charge in [0.1, 0.15) is 18.0 Å². The van der Waals surface area contributed by atoms with E-state index in [-0.39, 0.29) is 16.6 Å². The molecule has 32 heavy (non-hydrogen) atoms. The molecule has 3 aromatic rings. The molecule has 0 amide bonds. The van der Waals surface area contributed by atoms with E-state index in [4.69, 9.17) is 9.47 Å². The van der Waals surface area contributed by atoms with E-state index in [9.17, 15) is 5.11 Å². The molecule has 0 radical (unpaired) electrons. The van der Waals surface area contributed by atoms with E-state index in [0.717, 1.165) is 30.4 Å². The second-order valence-electron chi connectivity index (χ2n) is 9.60. The molecule has 2 saturated carbocycles. The van der Waals surface area contributed by atoms with Gasteiger partial charge in [-0.2, -0.15) is 0 Å². The Hall–Kier alpha value is -2.74. The highest BCUT2D eigenvalue weighted by Gasteiger charge is 2.56. The molecule has 1 aromatic carbocycles. The van der Waals surface area contributed by atoms with Crippen LogP contribution in [0.3, 0.4) is 0 Å². The van der Waals surface area contributed by atoms with Gasteiger partial charge in [-0.3, -0.25) is 0 Å². The first kappa shape index (κ1) is 21.1. The molecule has 6 nitrogen and oxygen atoms in total. The monoisotopic (exact) mass is 455 g/mol. The SMILES string of the molecule is COc1cc(-c2ccc(-c3nnc(O[C@H]4C[C@]5(C)CC[C@@](C)(C5)[C@H]4F)s3)c(O)c2)ccn1. The number of nitrogens with zero attached hydrogens (tertiary/aromatic N) is 3. The fourth-order valence-electron chi connectivity index (χ4n) is 5.38. The summed E-state index contributed by atoms with van der Waals surface area (Å²) in [6, 6.07) is 9.01. The van der Waals surface area contributed by atoms with E-state index in [2.05, 4.69) is 22.1 Å². The van der Waals surface area contributed by atoms with E-state index in [1.807, 2.05) is 19.1 Å². The Morgan fingerprint density at radius 3 is 2.72 bits per heavy atom. The molecule has 1 N–H and O–H groups in total. The van der Waals surface area contributed by atoms with E-state index in [1.165, 1.54) is 11.3 Å². The highest BCUT2D eigenvalue weighted by atomic mass is 32.1. The van der Waals surface area contributed by atoms with Crippen LogP contribution in [0.4, 0.5) is 4.39 Å². The number of methoxy groups -OCH3 is 1. The van der Waals surface area contributed by atoms with Crippen LogP contribution in [0.2, 0.25) is 0 Å². The van der Waals surface area contributed by atoms with Gasteiger partial charge in [-0.1, -0.05) is 36.3 Å². The van der Waals surface area contributed by atoms with Crippen molar-refractivity contribution in [2.75, 3.05) is 7.11 Å². The van der Waals surface area contributed by atoms with Gasteiger partial charge >= 0.3 is 0 Å². The second-order valence-corrected chi connectivity index (χ2v) is 10.5. The Bertz CT molecular complexity index is 1160. The summed E-state index contributed by atoms with van der Waals surface area (Å²) in [7, 11) is 1.56. The molecule has 5 rings (SSSR count). The predicted molar refractivity (Wildman–Crippen MR) is 121 cm³/mol. The topological polar surface area (TPSA) is 77.4 Å². The first-order valence-corrected chi connectivity index (χ1v) is 11.6. The number of phenolic OH excluding ortho intramolecular Hbond substituents is 1. The largest absolute Gasteiger partial charge is 0.507 e. The Morgan fingerprint density at radius 1 is 1.12 bits per heavy atom. The molecule has 2 aliphatic carbocycles. The molecule has 4 atom stereocenters. The summed E-state index contributed by atoms with van der Waals surface area (Å²) in [5.74, 6) is 0.585. The molecule has 2 fully saturated rings. The lowest BCUT2D eigenvalue weighted by atomic mass is 9.68. The third kappa shape index (κ3) is 3.70. The fourth-order valence-corrected chi connectivity index (χ4v) is 6.16. The van der Waals surface area contributed by atoms with Crippen LogP contribution < -0.4 is 9.47 Å². The van der Waals surface area contributed by atoms with Crippen molar-refractivity contribution in [2.45, 2.75) is 51.8 Å². The molecular weight excluding hydrogens is 429 g/mol. The lowest BCUT2D eigenvalue weighted by Gasteiger charge is -2.42. The predicted octanol–water partition coefficient (Wildman–Crippen LogP) is 5.67. The van der Waals surface area contributed by atoms with Crippen molar-refractivity contribution >= 4 is 11.3 Å². The molecule has 0 unspecified atom stereocenters. The number of halogens is 1. The number of benzene rings is 1. The van der Waals surface area contributed by atoms with Gasteiger partial charge in [-0.05, 0) is 60.4 Å². The van der Waals surface area contributed by atoms with E-state index in [1.54, 1.807) is 31.5 Å². The summed E-state index contributed by atoms with van der Waals surface area (Å²) >= 11 is 1.22. The normalized spacial score (nSPS) is 29.1. The highest BCUT2D eigenvalue weighted by Crippen LogP contribution is 2.59. The number of aromatic nitrogens is 3. The molecule has 168 valence electrons. The highest BCUT2D eigenvalue weighted by molar-refractivity contribution is 7.16. The van der Waals surface area contributed by atoms with Crippen LogP contribution in [-0.2, 0) is 0 Å². The number of pyridine rings is 1. The van der Waals surface area contributed by atoms with Crippen LogP contribution in [0, 0.1) is 10.8 Å². The zero-order chi connectivity index (χ0) is 22.5. The summed E-state index contributed by atoms with van der Waals surface area (Å²) < 4.78 is 26.4. The van der Waals surface area contributed by atoms with Crippen LogP contribution in [-0.4, -0.2) is 39.7 Å². The number of phenols is 1. The molecule has 8 heteroatoms. The van der Waals surface area contributed by atoms with E-state index < -0.39 is 12.3 Å². The number of fused-ring (bicyclic) bond motifs is 2. The van der Waals surface area contributed by atoms with Crippen molar-refractivity contribution in [3.63, 3.8) is 0 Å². The van der Waals surface area contributed by atoms with Gasteiger partial charge in [0.05, 0.1) is 12.7 Å². The zero-order valence-corrected chi connectivity index (χ0v) is 19.2. The maximum Gasteiger partial charge on any atom is 0.294 e. The van der Waals surface area contributed by atoms with Crippen molar-refractivity contribution in [1.29, 1.82) is 0 Å². The van der Waals surface area contributed by atoms with Crippen LogP contribution in [0.1, 0.15) is 39.5 Å². The molecule has 2 heterocycles. The third-order valence-corrected chi connectivity index (χ3v) is 7.83. The molecule has 2 aromatic heterocycles. The van der Waals surface area contributed by atoms with Crippen LogP contribution in [0.5, 0.6) is 16.8 Å². The van der Waals surface area contributed by atoms with Crippen LogP contribution in [0.15, 0.2) is 36.5 Å². The minimum absolute atomic E-state index is 0.0834. The summed E-state index contributed by atoms with van der Waals surface area (Å²) in [6.45, 7) is 4.26. The molecule has 0 spiro atoms. The average Bonchev–Trinajstić information content (AvgIpc) is 3.35. The molecule has 0 saturated heterocycles. The minimum atomic E-state index is -1.02. The third-order valence-electron chi connectivity index (χ3n) is 6.98. The molecule has 0 aliphatic heterocycles. The maximum absolute atomic E-state index is 15.2. The number of hydrogen-bond acceptors (Lipinski definition) is 7. The quantitative estimate of drug-likeness (QED) is 0.534. The molecule has 2 aliphatic rings. The van der Waals surface area contributed by atoms with Gasteiger partial charge < -0.3 is 14.6 Å². The Labute approximate surface area is 190 Å². The van der Waals surface area contributed by atoms with Crippen molar-refractivity contribution in [2.24, 2.45) is 10.8 Å². The van der Waals surface area contributed by atoms with Gasteiger partial charge in [0.15, 0.2) is 5.01 Å². The van der Waals surface area contributed by atoms with Crippen LogP contribution in [0.25, 0.3) is 21.7 Å². The first-order chi connectivity index (χ1) is 15.3. The van der Waals surface area contributed by atoms with Crippen molar-refractivity contribution in [3.05, 3.63) is 36.5 Å². The standard InChI is InChI=1S/C24H26FN3O3S/c1-23-7-8-24(2,13-23)20(25)18(12-23)31-22-28-27-21(32-22)16-5-4-14(10-17(16)29)15-6-9-26-19(11-15)30-3/h4-6,9-11,18,20,29H,7-8,12-13H2,1-3H3/t18-,20-,23-,24-/m0/s1. The smallest absolute Gasteiger partial charge is 0.294 e.